The molecule has 0 unspecified atom stereocenters. The number of hydroxylamine groups is 1. The molecule has 2 aromatic rings. The summed E-state index contributed by atoms with van der Waals surface area (Å²) in [6, 6.07) is 7.77. The molecule has 2 amide bonds. The van der Waals surface area contributed by atoms with Gasteiger partial charge in [-0.15, -0.1) is 0 Å². The van der Waals surface area contributed by atoms with Crippen molar-refractivity contribution in [3.8, 4) is 0 Å². The predicted molar refractivity (Wildman–Crippen MR) is 91.3 cm³/mol. The van der Waals surface area contributed by atoms with Crippen molar-refractivity contribution in [3.63, 3.8) is 0 Å². The molecule has 0 fully saturated rings. The van der Waals surface area contributed by atoms with Gasteiger partial charge in [0.15, 0.2) is 0 Å². The highest BCUT2D eigenvalue weighted by Crippen LogP contribution is 2.17. The topological polar surface area (TPSA) is 87.5 Å². The number of nitrogens with one attached hydrogen (secondary N) is 1. The minimum absolute atomic E-state index is 0.0375. The fourth-order valence-electron chi connectivity index (χ4n) is 2.97. The number of fused-ring (bicyclic) bond motifs is 1. The molecule has 0 bridgehead atoms. The highest BCUT2D eigenvalue weighted by Gasteiger charge is 2.24. The van der Waals surface area contributed by atoms with Crippen LogP contribution in [-0.4, -0.2) is 38.0 Å². The average Bonchev–Trinajstić information content (AvgIpc) is 3.08. The Morgan fingerprint density at radius 2 is 2.00 bits per heavy atom. The van der Waals surface area contributed by atoms with Crippen LogP contribution >= 0.6 is 0 Å². The second-order valence-corrected chi connectivity index (χ2v) is 6.20. The Hall–Kier alpha value is -2.67. The maximum absolute atomic E-state index is 12.7. The third-order valence-corrected chi connectivity index (χ3v) is 4.44. The third-order valence-electron chi connectivity index (χ3n) is 4.44. The minimum atomic E-state index is -0.651. The summed E-state index contributed by atoms with van der Waals surface area (Å²) >= 11 is 0. The second-order valence-electron chi connectivity index (χ2n) is 6.20. The Morgan fingerprint density at radius 3 is 2.68 bits per heavy atom. The van der Waals surface area contributed by atoms with Crippen LogP contribution in [0.15, 0.2) is 30.5 Å². The Labute approximate surface area is 146 Å². The van der Waals surface area contributed by atoms with Gasteiger partial charge in [0.2, 0.25) is 0 Å². The van der Waals surface area contributed by atoms with E-state index in [9.17, 15) is 9.59 Å². The van der Waals surface area contributed by atoms with Gasteiger partial charge in [0, 0.05) is 24.8 Å². The van der Waals surface area contributed by atoms with Crippen molar-refractivity contribution >= 4 is 11.8 Å². The van der Waals surface area contributed by atoms with Gasteiger partial charge in [0.1, 0.15) is 11.5 Å². The first-order chi connectivity index (χ1) is 12.1. The molecule has 1 aromatic carbocycles. The number of nitrogens with zero attached hydrogens (tertiary/aromatic N) is 3. The molecule has 0 saturated carbocycles. The molecule has 7 nitrogen and oxygen atoms in total. The highest BCUT2D eigenvalue weighted by atomic mass is 16.5. The van der Waals surface area contributed by atoms with E-state index < -0.39 is 5.91 Å². The number of carbonyl (C=O) groups is 2. The molecule has 1 aliphatic rings. The van der Waals surface area contributed by atoms with Gasteiger partial charge in [-0.1, -0.05) is 25.5 Å². The van der Waals surface area contributed by atoms with Gasteiger partial charge in [-0.05, 0) is 30.5 Å². The maximum Gasteiger partial charge on any atom is 0.294 e. The van der Waals surface area contributed by atoms with Gasteiger partial charge in [0.05, 0.1) is 6.54 Å². The van der Waals surface area contributed by atoms with Crippen molar-refractivity contribution < 1.29 is 14.8 Å². The van der Waals surface area contributed by atoms with Gasteiger partial charge in [0.25, 0.3) is 11.8 Å². The van der Waals surface area contributed by atoms with Crippen molar-refractivity contribution in [1.82, 2.24) is 19.9 Å². The molecule has 0 radical (unpaired) electrons. The fourth-order valence-corrected chi connectivity index (χ4v) is 2.97. The van der Waals surface area contributed by atoms with Gasteiger partial charge < -0.3 is 9.47 Å². The van der Waals surface area contributed by atoms with E-state index in [0.29, 0.717) is 31.0 Å². The lowest BCUT2D eigenvalue weighted by molar-refractivity contribution is 0.0700. The number of imidazole rings is 1. The largest absolute Gasteiger partial charge is 0.331 e. The van der Waals surface area contributed by atoms with E-state index in [4.69, 9.17) is 5.21 Å². The highest BCUT2D eigenvalue weighted by molar-refractivity contribution is 5.94. The first kappa shape index (κ1) is 17.2. The molecule has 2 heterocycles. The van der Waals surface area contributed by atoms with Crippen LogP contribution in [0.2, 0.25) is 0 Å². The smallest absolute Gasteiger partial charge is 0.294 e. The molecule has 0 spiro atoms. The van der Waals surface area contributed by atoms with E-state index in [1.54, 1.807) is 16.6 Å². The molecule has 0 saturated heterocycles. The molecule has 2 N–H and O–H groups in total. The number of amides is 2. The second kappa shape index (κ2) is 7.48. The van der Waals surface area contributed by atoms with E-state index in [0.717, 1.165) is 19.3 Å². The number of hydrogen-bond acceptors (Lipinski definition) is 4. The summed E-state index contributed by atoms with van der Waals surface area (Å²) in [6.45, 7) is 3.63. The summed E-state index contributed by atoms with van der Waals surface area (Å²) in [5, 5.41) is 8.70. The van der Waals surface area contributed by atoms with Crippen molar-refractivity contribution in [3.05, 3.63) is 53.1 Å². The number of carbonyl (C=O) groups excluding carboxylic acids is 2. The Bertz CT molecular complexity index is 767. The Morgan fingerprint density at radius 1 is 1.24 bits per heavy atom. The van der Waals surface area contributed by atoms with Crippen LogP contribution in [-0.2, 0) is 19.5 Å². The van der Waals surface area contributed by atoms with Crippen molar-refractivity contribution in [2.75, 3.05) is 6.54 Å². The molecule has 7 heteroatoms. The molecule has 25 heavy (non-hydrogen) atoms. The fraction of sp³-hybridized carbons (Fsp3) is 0.389. The number of aryl methyl sites for hydroxylation is 1. The zero-order valence-electron chi connectivity index (χ0n) is 14.2. The first-order valence-corrected chi connectivity index (χ1v) is 8.51. The van der Waals surface area contributed by atoms with Gasteiger partial charge in [-0.25, -0.2) is 10.5 Å². The zero-order chi connectivity index (χ0) is 17.8. The summed E-state index contributed by atoms with van der Waals surface area (Å²) in [7, 11) is 0. The lowest BCUT2D eigenvalue weighted by Crippen LogP contribution is -2.38. The van der Waals surface area contributed by atoms with Crippen LogP contribution < -0.4 is 5.48 Å². The Kier molecular flexibility index (Phi) is 5.14. The van der Waals surface area contributed by atoms with Crippen LogP contribution in [0.5, 0.6) is 0 Å². The van der Waals surface area contributed by atoms with Gasteiger partial charge in [-0.2, -0.15) is 0 Å². The summed E-state index contributed by atoms with van der Waals surface area (Å²) < 4.78 is 1.84. The van der Waals surface area contributed by atoms with E-state index >= 15 is 0 Å². The molecular formula is C18H22N4O3. The lowest BCUT2D eigenvalue weighted by Gasteiger charge is -2.27. The molecule has 0 atom stereocenters. The zero-order valence-corrected chi connectivity index (χ0v) is 14.2. The normalized spacial score (nSPS) is 13.4. The van der Waals surface area contributed by atoms with Crippen molar-refractivity contribution in [1.29, 1.82) is 0 Å². The SMILES string of the molecule is CCCCc1ccc(C(=O)N2CCn3cc(C(=O)NO)nc3C2)cc1. The average molecular weight is 342 g/mol. The molecule has 1 aromatic heterocycles. The van der Waals surface area contributed by atoms with Crippen molar-refractivity contribution in [2.24, 2.45) is 0 Å². The number of aromatic nitrogens is 2. The molecule has 132 valence electrons. The third kappa shape index (κ3) is 3.71. The summed E-state index contributed by atoms with van der Waals surface area (Å²) in [6.07, 6.45) is 4.91. The molecule has 0 aliphatic carbocycles. The standard InChI is InChI=1S/C18H22N4O3/c1-2-3-4-13-5-7-14(8-6-13)18(24)22-10-9-21-11-15(17(23)20-25)19-16(21)12-22/h5-8,11,25H,2-4,9-10,12H2,1H3,(H,20,23). The summed E-state index contributed by atoms with van der Waals surface area (Å²) in [4.78, 5) is 30.1. The number of hydrogen-bond donors (Lipinski definition) is 2. The molecule has 3 rings (SSSR count). The van der Waals surface area contributed by atoms with E-state index in [1.807, 2.05) is 28.8 Å². The van der Waals surface area contributed by atoms with Gasteiger partial charge in [-0.3, -0.25) is 14.8 Å². The van der Waals surface area contributed by atoms with Crippen LogP contribution in [0.4, 0.5) is 0 Å². The van der Waals surface area contributed by atoms with E-state index in [-0.39, 0.29) is 11.6 Å². The quantitative estimate of drug-likeness (QED) is 0.643. The van der Waals surface area contributed by atoms with Crippen LogP contribution in [0.25, 0.3) is 0 Å². The summed E-state index contributed by atoms with van der Waals surface area (Å²) in [5.74, 6) is -0.0512. The minimum Gasteiger partial charge on any atom is -0.331 e. The number of unbranched alkanes of at least 4 members (excludes halogenated alkanes) is 1. The Balaban J connectivity index is 1.69. The lowest BCUT2D eigenvalue weighted by atomic mass is 10.1. The monoisotopic (exact) mass is 342 g/mol. The number of rotatable bonds is 5. The molecular weight excluding hydrogens is 320 g/mol. The van der Waals surface area contributed by atoms with Crippen LogP contribution in [0.3, 0.4) is 0 Å². The predicted octanol–water partition coefficient (Wildman–Crippen LogP) is 2.00. The number of benzene rings is 1. The first-order valence-electron chi connectivity index (χ1n) is 8.51. The van der Waals surface area contributed by atoms with Crippen LogP contribution in [0, 0.1) is 0 Å². The maximum atomic E-state index is 12.7. The van der Waals surface area contributed by atoms with E-state index in [1.165, 1.54) is 5.56 Å². The van der Waals surface area contributed by atoms with E-state index in [2.05, 4.69) is 11.9 Å². The van der Waals surface area contributed by atoms with Crippen molar-refractivity contribution in [2.45, 2.75) is 39.3 Å². The molecule has 1 aliphatic heterocycles. The van der Waals surface area contributed by atoms with Gasteiger partial charge >= 0.3 is 0 Å². The summed E-state index contributed by atoms with van der Waals surface area (Å²) in [5.41, 5.74) is 3.62. The van der Waals surface area contributed by atoms with Crippen LogP contribution in [0.1, 0.15) is 52.0 Å².